The molecule has 0 radical (unpaired) electrons. The van der Waals surface area contributed by atoms with Crippen LogP contribution in [-0.2, 0) is 23.7 Å². The molecule has 0 aliphatic carbocycles. The molecule has 4 aromatic heterocycles. The van der Waals surface area contributed by atoms with Crippen LogP contribution in [0.5, 0.6) is 23.3 Å². The van der Waals surface area contributed by atoms with Crippen LogP contribution in [0.2, 0.25) is 0 Å². The van der Waals surface area contributed by atoms with Gasteiger partial charge < -0.3 is 29.8 Å². The van der Waals surface area contributed by atoms with Crippen molar-refractivity contribution in [2.75, 3.05) is 27.4 Å². The lowest BCUT2D eigenvalue weighted by atomic mass is 9.95. The van der Waals surface area contributed by atoms with Crippen molar-refractivity contribution < 1.29 is 33.6 Å². The van der Waals surface area contributed by atoms with E-state index in [1.165, 1.54) is 16.7 Å². The van der Waals surface area contributed by atoms with Gasteiger partial charge in [-0.2, -0.15) is 20.2 Å². The van der Waals surface area contributed by atoms with E-state index in [0.717, 1.165) is 72.6 Å². The van der Waals surface area contributed by atoms with Crippen LogP contribution in [0.15, 0.2) is 97.1 Å². The molecule has 14 nitrogen and oxygen atoms in total. The summed E-state index contributed by atoms with van der Waals surface area (Å²) in [6.45, 7) is 15.7. The van der Waals surface area contributed by atoms with E-state index in [-0.39, 0.29) is 30.2 Å². The van der Waals surface area contributed by atoms with Gasteiger partial charge in [-0.3, -0.25) is 4.79 Å². The first-order chi connectivity index (χ1) is 32.8. The van der Waals surface area contributed by atoms with E-state index >= 15 is 0 Å². The molecule has 4 aromatic carbocycles. The number of carbonyl (C=O) groups excluding carboxylic acids is 1. The van der Waals surface area contributed by atoms with Crippen LogP contribution >= 0.6 is 0 Å². The molecule has 360 valence electrons. The van der Waals surface area contributed by atoms with Crippen LogP contribution in [0.1, 0.15) is 76.7 Å². The molecule has 4 heterocycles. The molecule has 0 aliphatic heterocycles. The summed E-state index contributed by atoms with van der Waals surface area (Å²) in [5.74, 6) is 1.39. The third-order valence-electron chi connectivity index (χ3n) is 11.6. The summed E-state index contributed by atoms with van der Waals surface area (Å²) < 4.78 is 25.2. The predicted molar refractivity (Wildman–Crippen MR) is 272 cm³/mol. The fourth-order valence-corrected chi connectivity index (χ4v) is 7.93. The van der Waals surface area contributed by atoms with Crippen LogP contribution in [0.25, 0.3) is 44.6 Å². The molecule has 0 aliphatic rings. The van der Waals surface area contributed by atoms with E-state index in [1.54, 1.807) is 36.7 Å². The molecular weight excluding hydrogens is 871 g/mol. The van der Waals surface area contributed by atoms with Gasteiger partial charge in [0.2, 0.25) is 11.8 Å². The van der Waals surface area contributed by atoms with Gasteiger partial charge >= 0.3 is 5.97 Å². The van der Waals surface area contributed by atoms with E-state index in [0.29, 0.717) is 23.6 Å². The Morgan fingerprint density at radius 1 is 0.594 bits per heavy atom. The van der Waals surface area contributed by atoms with Crippen molar-refractivity contribution in [1.29, 1.82) is 0 Å². The second-order valence-electron chi connectivity index (χ2n) is 17.6. The summed E-state index contributed by atoms with van der Waals surface area (Å²) in [5.41, 5.74) is 19.5. The Kier molecular flexibility index (Phi) is 16.6. The molecule has 0 spiro atoms. The van der Waals surface area contributed by atoms with Gasteiger partial charge in [-0.15, -0.1) is 0 Å². The molecule has 0 bridgehead atoms. The van der Waals surface area contributed by atoms with E-state index in [2.05, 4.69) is 90.4 Å². The number of pyridine rings is 2. The van der Waals surface area contributed by atoms with E-state index in [1.807, 2.05) is 78.1 Å². The quantitative estimate of drug-likeness (QED) is 0.106. The Morgan fingerprint density at radius 2 is 1.01 bits per heavy atom. The van der Waals surface area contributed by atoms with Crippen molar-refractivity contribution in [3.63, 3.8) is 0 Å². The number of nitrogens with zero attached hydrogens (tertiary/aromatic N) is 6. The highest BCUT2D eigenvalue weighted by molar-refractivity contribution is 5.95. The number of rotatable bonds is 14. The van der Waals surface area contributed by atoms with Gasteiger partial charge in [0.25, 0.3) is 0 Å². The maximum atomic E-state index is 12.6. The van der Waals surface area contributed by atoms with Gasteiger partial charge in [0.15, 0.2) is 23.7 Å². The Morgan fingerprint density at radius 3 is 1.42 bits per heavy atom. The van der Waals surface area contributed by atoms with Gasteiger partial charge in [0.05, 0.1) is 25.0 Å². The number of aliphatic carboxylic acids is 1. The summed E-state index contributed by atoms with van der Waals surface area (Å²) in [4.78, 5) is 32.3. The number of methoxy groups -OCH3 is 2. The zero-order chi connectivity index (χ0) is 50.1. The zero-order valence-electron chi connectivity index (χ0n) is 41.7. The van der Waals surface area contributed by atoms with Crippen LogP contribution in [0, 0.1) is 41.5 Å². The lowest BCUT2D eigenvalue weighted by Crippen LogP contribution is -2.14. The molecule has 0 saturated heterocycles. The van der Waals surface area contributed by atoms with Crippen LogP contribution in [-0.4, -0.2) is 73.8 Å². The van der Waals surface area contributed by atoms with Crippen molar-refractivity contribution in [3.8, 4) is 45.8 Å². The number of ketones is 1. The van der Waals surface area contributed by atoms with Crippen molar-refractivity contribution in [2.24, 2.45) is 19.8 Å². The number of hydrogen-bond acceptors (Lipinski definition) is 11. The Bertz CT molecular complexity index is 3080. The number of aromatic nitrogens is 6. The highest BCUT2D eigenvalue weighted by atomic mass is 16.5. The van der Waals surface area contributed by atoms with Gasteiger partial charge in [0.1, 0.15) is 29.5 Å². The summed E-state index contributed by atoms with van der Waals surface area (Å²) in [7, 11) is 6.96. The number of fused-ring (bicyclic) bond motifs is 2. The standard InChI is InChI=1S/C28H31N3O3.C18H19N3O4.C9H13N/c1-17-7-9-21(10-8-17)19(3)13-23(32)16-34-25-14-20(4)26-27(30-31(5)28(26)29-25)22-11-18(2)12-24(15-22)33-6;1-10-5-12(8-13(6-10)24-4)17-16-11(2)7-14(25-9-15(22)23)19-18(16)21(3)20-17;1-7-3-5-9(6-4-7)8(2)10/h7-12,14-15,19H,13,16H2,1-6H3;5-8H,9H2,1-4H3,(H,22,23);3-6,8H,10H2,1-2H3/t19-;;8-/m1.0/s1. The van der Waals surface area contributed by atoms with E-state index < -0.39 is 12.6 Å². The molecule has 3 N–H and O–H groups in total. The zero-order valence-corrected chi connectivity index (χ0v) is 41.7. The highest BCUT2D eigenvalue weighted by Crippen LogP contribution is 2.35. The SMILES string of the molecule is COc1cc(C)cc(-c2nn(C)c3nc(OCC(=O)C[C@@H](C)c4ccc(C)cc4)cc(C)c23)c1.COc1cc(C)cc(-c2nn(C)c3nc(OCC(=O)O)cc(C)c23)c1.Cc1ccc([C@H](C)N)cc1. The first kappa shape index (κ1) is 50.8. The minimum absolute atomic E-state index is 0.00602. The van der Waals surface area contributed by atoms with Crippen molar-refractivity contribution in [2.45, 2.75) is 73.8 Å². The van der Waals surface area contributed by atoms with Gasteiger partial charge in [-0.25, -0.2) is 14.2 Å². The average Bonchev–Trinajstić information content (AvgIpc) is 3.84. The molecule has 69 heavy (non-hydrogen) atoms. The van der Waals surface area contributed by atoms with Crippen molar-refractivity contribution in [3.05, 3.63) is 142 Å². The molecular formula is C55H63N7O7. The fourth-order valence-electron chi connectivity index (χ4n) is 7.93. The number of ether oxygens (including phenoxy) is 4. The molecule has 8 rings (SSSR count). The third kappa shape index (κ3) is 12.9. The molecule has 0 saturated carbocycles. The number of carboxylic acids is 1. The minimum atomic E-state index is -1.04. The number of Topliss-reactive ketones (excluding diaryl/α,β-unsaturated/α-hetero) is 1. The Balaban J connectivity index is 0.000000195. The van der Waals surface area contributed by atoms with Gasteiger partial charge in [0, 0.05) is 49.8 Å². The lowest BCUT2D eigenvalue weighted by Gasteiger charge is -2.12. The largest absolute Gasteiger partial charge is 0.497 e. The maximum absolute atomic E-state index is 12.6. The van der Waals surface area contributed by atoms with Crippen molar-refractivity contribution in [1.82, 2.24) is 29.5 Å². The first-order valence-electron chi connectivity index (χ1n) is 22.7. The van der Waals surface area contributed by atoms with E-state index in [4.69, 9.17) is 34.9 Å². The Hall–Kier alpha value is -7.58. The molecule has 8 aromatic rings. The third-order valence-corrected chi connectivity index (χ3v) is 11.6. The summed E-state index contributed by atoms with van der Waals surface area (Å²) in [6.07, 6.45) is 0.426. The van der Waals surface area contributed by atoms with Gasteiger partial charge in [-0.1, -0.05) is 66.6 Å². The number of benzene rings is 4. The highest BCUT2D eigenvalue weighted by Gasteiger charge is 2.20. The monoisotopic (exact) mass is 933 g/mol. The Labute approximate surface area is 404 Å². The summed E-state index contributed by atoms with van der Waals surface area (Å²) in [6, 6.07) is 32.3. The summed E-state index contributed by atoms with van der Waals surface area (Å²) >= 11 is 0. The molecule has 0 fully saturated rings. The second kappa shape index (κ2) is 22.5. The number of carboxylic acid groups (broad SMARTS) is 1. The molecule has 14 heteroatoms. The van der Waals surface area contributed by atoms with Crippen LogP contribution in [0.4, 0.5) is 0 Å². The number of hydrogen-bond donors (Lipinski definition) is 2. The summed E-state index contributed by atoms with van der Waals surface area (Å²) in [5, 5.41) is 19.9. The lowest BCUT2D eigenvalue weighted by molar-refractivity contribution is -0.139. The van der Waals surface area contributed by atoms with Gasteiger partial charge in [-0.05, 0) is 124 Å². The molecule has 2 atom stereocenters. The molecule has 0 unspecified atom stereocenters. The smallest absolute Gasteiger partial charge is 0.341 e. The maximum Gasteiger partial charge on any atom is 0.341 e. The van der Waals surface area contributed by atoms with E-state index in [9.17, 15) is 9.59 Å². The fraction of sp³-hybridized carbons (Fsp3) is 0.309. The number of carbonyl (C=O) groups is 2. The molecule has 0 amide bonds. The predicted octanol–water partition coefficient (Wildman–Crippen LogP) is 10.4. The first-order valence-corrected chi connectivity index (χ1v) is 22.7. The second-order valence-corrected chi connectivity index (χ2v) is 17.6. The average molecular weight is 934 g/mol. The van der Waals surface area contributed by atoms with Crippen LogP contribution in [0.3, 0.4) is 0 Å². The topological polar surface area (TPSA) is 179 Å². The normalized spacial score (nSPS) is 11.8. The number of nitrogens with two attached hydrogens (primary N) is 1. The minimum Gasteiger partial charge on any atom is -0.497 e. The van der Waals surface area contributed by atoms with Crippen molar-refractivity contribution >= 4 is 33.8 Å². The number of aryl methyl sites for hydroxylation is 8. The van der Waals surface area contributed by atoms with Crippen LogP contribution < -0.4 is 24.7 Å².